The molecule has 2 aromatic rings. The Balaban J connectivity index is 1.89. The van der Waals surface area contributed by atoms with E-state index < -0.39 is 26.8 Å². The lowest BCUT2D eigenvalue weighted by Gasteiger charge is -2.15. The van der Waals surface area contributed by atoms with Crippen LogP contribution in [0.15, 0.2) is 48.5 Å². The number of sulfonamides is 1. The summed E-state index contributed by atoms with van der Waals surface area (Å²) in [6, 6.07) is 11.3. The normalized spacial score (nSPS) is 11.9. The second-order valence-electron chi connectivity index (χ2n) is 6.28. The number of carbonyl (C=O) groups is 2. The smallest absolute Gasteiger partial charge is 0.270 e. The minimum atomic E-state index is -3.37. The Morgan fingerprint density at radius 2 is 1.79 bits per heavy atom. The van der Waals surface area contributed by atoms with E-state index in [-0.39, 0.29) is 23.8 Å². The predicted molar refractivity (Wildman–Crippen MR) is 107 cm³/mol. The molecule has 0 fully saturated rings. The molecule has 0 saturated heterocycles. The van der Waals surface area contributed by atoms with Gasteiger partial charge in [0.25, 0.3) is 11.6 Å². The molecule has 0 aliphatic rings. The van der Waals surface area contributed by atoms with Crippen molar-refractivity contribution in [2.24, 2.45) is 0 Å². The molecular formula is C18H20N4O6S. The number of benzene rings is 2. The van der Waals surface area contributed by atoms with Gasteiger partial charge in [-0.25, -0.2) is 8.42 Å². The monoisotopic (exact) mass is 420 g/mol. The van der Waals surface area contributed by atoms with Gasteiger partial charge in [0.15, 0.2) is 0 Å². The summed E-state index contributed by atoms with van der Waals surface area (Å²) in [5.74, 6) is -1.05. The Morgan fingerprint density at radius 1 is 1.14 bits per heavy atom. The number of rotatable bonds is 8. The molecule has 0 unspecified atom stereocenters. The number of nitro benzene ring substituents is 1. The van der Waals surface area contributed by atoms with Gasteiger partial charge in [0, 0.05) is 23.4 Å². The number of nitrogens with zero attached hydrogens (tertiary/aromatic N) is 1. The van der Waals surface area contributed by atoms with Gasteiger partial charge in [0.05, 0.1) is 23.8 Å². The van der Waals surface area contributed by atoms with Crippen LogP contribution in [0, 0.1) is 10.1 Å². The molecule has 0 saturated carbocycles. The van der Waals surface area contributed by atoms with Gasteiger partial charge < -0.3 is 10.6 Å². The number of nitrogens with one attached hydrogen (secondary N) is 3. The van der Waals surface area contributed by atoms with Crippen molar-refractivity contribution >= 4 is 33.2 Å². The zero-order valence-corrected chi connectivity index (χ0v) is 16.5. The van der Waals surface area contributed by atoms with Crippen molar-refractivity contribution in [3.63, 3.8) is 0 Å². The standard InChI is InChI=1S/C18H20N4O6S/c1-12(13-6-8-15(9-7-13)21-29(2,27)28)20-17(23)11-19-18(24)14-4-3-5-16(10-14)22(25)26/h3-10,12,21H,11H2,1-2H3,(H,19,24)(H,20,23)/t12-/m1/s1. The minimum Gasteiger partial charge on any atom is -0.348 e. The highest BCUT2D eigenvalue weighted by molar-refractivity contribution is 7.92. The molecule has 29 heavy (non-hydrogen) atoms. The minimum absolute atomic E-state index is 0.0778. The van der Waals surface area contributed by atoms with Crippen molar-refractivity contribution < 1.29 is 22.9 Å². The number of amides is 2. The fourth-order valence-corrected chi connectivity index (χ4v) is 3.02. The molecule has 0 aliphatic heterocycles. The third-order valence-corrected chi connectivity index (χ3v) is 4.43. The molecule has 0 bridgehead atoms. The highest BCUT2D eigenvalue weighted by Crippen LogP contribution is 2.17. The Kier molecular flexibility index (Phi) is 6.89. The van der Waals surface area contributed by atoms with E-state index in [9.17, 15) is 28.1 Å². The fraction of sp³-hybridized carbons (Fsp3) is 0.222. The highest BCUT2D eigenvalue weighted by atomic mass is 32.2. The van der Waals surface area contributed by atoms with E-state index in [1.165, 1.54) is 18.2 Å². The maximum atomic E-state index is 12.1. The number of anilines is 1. The molecule has 0 aliphatic carbocycles. The van der Waals surface area contributed by atoms with E-state index in [2.05, 4.69) is 15.4 Å². The summed E-state index contributed by atoms with van der Waals surface area (Å²) in [6.07, 6.45) is 1.05. The largest absolute Gasteiger partial charge is 0.348 e. The fourth-order valence-electron chi connectivity index (χ4n) is 2.45. The molecule has 2 amide bonds. The van der Waals surface area contributed by atoms with Crippen molar-refractivity contribution in [1.29, 1.82) is 0 Å². The Morgan fingerprint density at radius 3 is 2.38 bits per heavy atom. The van der Waals surface area contributed by atoms with Crippen LogP contribution in [0.1, 0.15) is 28.9 Å². The van der Waals surface area contributed by atoms with Crippen molar-refractivity contribution in [1.82, 2.24) is 10.6 Å². The number of non-ortho nitro benzene ring substituents is 1. The molecule has 2 rings (SSSR count). The van der Waals surface area contributed by atoms with Gasteiger partial charge in [-0.3, -0.25) is 24.4 Å². The van der Waals surface area contributed by atoms with Crippen LogP contribution in [0.3, 0.4) is 0 Å². The zero-order chi connectivity index (χ0) is 21.6. The van der Waals surface area contributed by atoms with Crippen molar-refractivity contribution in [3.05, 3.63) is 69.8 Å². The molecule has 154 valence electrons. The van der Waals surface area contributed by atoms with Gasteiger partial charge in [-0.15, -0.1) is 0 Å². The van der Waals surface area contributed by atoms with Crippen LogP contribution < -0.4 is 15.4 Å². The SMILES string of the molecule is C[C@@H](NC(=O)CNC(=O)c1cccc([N+](=O)[O-])c1)c1ccc(NS(C)(=O)=O)cc1. The van der Waals surface area contributed by atoms with Gasteiger partial charge >= 0.3 is 0 Å². The first-order valence-electron chi connectivity index (χ1n) is 8.45. The quantitative estimate of drug-likeness (QED) is 0.436. The molecular weight excluding hydrogens is 400 g/mol. The summed E-state index contributed by atoms with van der Waals surface area (Å²) in [6.45, 7) is 1.43. The highest BCUT2D eigenvalue weighted by Gasteiger charge is 2.14. The lowest BCUT2D eigenvalue weighted by atomic mass is 10.1. The van der Waals surface area contributed by atoms with E-state index in [1.54, 1.807) is 31.2 Å². The maximum absolute atomic E-state index is 12.1. The topological polar surface area (TPSA) is 148 Å². The first-order valence-corrected chi connectivity index (χ1v) is 10.3. The van der Waals surface area contributed by atoms with Crippen LogP contribution in [-0.4, -0.2) is 38.0 Å². The average Bonchev–Trinajstić information content (AvgIpc) is 2.65. The van der Waals surface area contributed by atoms with Gasteiger partial charge in [-0.2, -0.15) is 0 Å². The van der Waals surface area contributed by atoms with Crippen molar-refractivity contribution in [3.8, 4) is 0 Å². The molecule has 0 aromatic heterocycles. The molecule has 3 N–H and O–H groups in total. The number of carbonyl (C=O) groups excluding carboxylic acids is 2. The van der Waals surface area contributed by atoms with Crippen LogP contribution in [0.2, 0.25) is 0 Å². The third kappa shape index (κ3) is 6.88. The molecule has 0 heterocycles. The number of hydrogen-bond acceptors (Lipinski definition) is 6. The summed E-state index contributed by atoms with van der Waals surface area (Å²) in [4.78, 5) is 34.3. The van der Waals surface area contributed by atoms with Gasteiger partial charge in [-0.05, 0) is 30.7 Å². The van der Waals surface area contributed by atoms with Crippen LogP contribution in [0.5, 0.6) is 0 Å². The Labute approximate surface area is 167 Å². The third-order valence-electron chi connectivity index (χ3n) is 3.82. The van der Waals surface area contributed by atoms with Crippen LogP contribution in [-0.2, 0) is 14.8 Å². The number of nitro groups is 1. The van der Waals surface area contributed by atoms with E-state index in [0.29, 0.717) is 5.69 Å². The van der Waals surface area contributed by atoms with E-state index in [0.717, 1.165) is 17.9 Å². The lowest BCUT2D eigenvalue weighted by molar-refractivity contribution is -0.384. The summed E-state index contributed by atoms with van der Waals surface area (Å²) in [7, 11) is -3.37. The molecule has 11 heteroatoms. The number of hydrogen-bond donors (Lipinski definition) is 3. The molecule has 0 radical (unpaired) electrons. The maximum Gasteiger partial charge on any atom is 0.270 e. The predicted octanol–water partition coefficient (Wildman–Crippen LogP) is 1.57. The van der Waals surface area contributed by atoms with E-state index >= 15 is 0 Å². The summed E-state index contributed by atoms with van der Waals surface area (Å²) >= 11 is 0. The molecule has 10 nitrogen and oxygen atoms in total. The lowest BCUT2D eigenvalue weighted by Crippen LogP contribution is -2.38. The zero-order valence-electron chi connectivity index (χ0n) is 15.7. The van der Waals surface area contributed by atoms with Gasteiger partial charge in [0.2, 0.25) is 15.9 Å². The summed E-state index contributed by atoms with van der Waals surface area (Å²) in [5, 5.41) is 15.9. The first-order chi connectivity index (χ1) is 13.5. The summed E-state index contributed by atoms with van der Waals surface area (Å²) < 4.78 is 24.8. The Bertz CT molecular complexity index is 1020. The molecule has 0 spiro atoms. The van der Waals surface area contributed by atoms with Gasteiger partial charge in [0.1, 0.15) is 0 Å². The van der Waals surface area contributed by atoms with Gasteiger partial charge in [-0.1, -0.05) is 18.2 Å². The second-order valence-corrected chi connectivity index (χ2v) is 8.02. The van der Waals surface area contributed by atoms with E-state index in [1.807, 2.05) is 0 Å². The van der Waals surface area contributed by atoms with E-state index in [4.69, 9.17) is 0 Å². The van der Waals surface area contributed by atoms with Crippen LogP contribution in [0.25, 0.3) is 0 Å². The molecule has 2 aromatic carbocycles. The second kappa shape index (κ2) is 9.15. The van der Waals surface area contributed by atoms with Crippen molar-refractivity contribution in [2.45, 2.75) is 13.0 Å². The molecule has 1 atom stereocenters. The first kappa shape index (κ1) is 21.8. The average molecular weight is 420 g/mol. The van der Waals surface area contributed by atoms with Crippen LogP contribution in [0.4, 0.5) is 11.4 Å². The van der Waals surface area contributed by atoms with Crippen LogP contribution >= 0.6 is 0 Å². The Hall–Kier alpha value is -3.47. The summed E-state index contributed by atoms with van der Waals surface area (Å²) in [5.41, 5.74) is 1.000. The van der Waals surface area contributed by atoms with Crippen molar-refractivity contribution in [2.75, 3.05) is 17.5 Å².